The van der Waals surface area contributed by atoms with Gasteiger partial charge in [-0.1, -0.05) is 11.8 Å². The number of likely N-dealkylation sites (tertiary alicyclic amines) is 1. The van der Waals surface area contributed by atoms with Crippen LogP contribution in [0.15, 0.2) is 22.2 Å². The molecule has 126 valence electrons. The average molecular weight is 341 g/mol. The third-order valence-corrected chi connectivity index (χ3v) is 4.28. The maximum absolute atomic E-state index is 12.0. The molecule has 1 aromatic heterocycles. The topological polar surface area (TPSA) is 113 Å². The Morgan fingerprint density at radius 1 is 1.48 bits per heavy atom. The van der Waals surface area contributed by atoms with Crippen molar-refractivity contribution in [2.75, 3.05) is 13.1 Å². The lowest BCUT2D eigenvalue weighted by atomic mass is 9.95. The highest BCUT2D eigenvalue weighted by atomic mass is 32.2. The predicted octanol–water partition coefficient (Wildman–Crippen LogP) is 1.33. The number of carboxylic acids is 1. The van der Waals surface area contributed by atoms with Crippen molar-refractivity contribution in [2.24, 2.45) is 0 Å². The summed E-state index contributed by atoms with van der Waals surface area (Å²) < 4.78 is 4.54. The van der Waals surface area contributed by atoms with E-state index in [0.29, 0.717) is 5.16 Å². The number of carboxylic acid groups (broad SMARTS) is 1. The van der Waals surface area contributed by atoms with Crippen molar-refractivity contribution >= 4 is 23.8 Å². The van der Waals surface area contributed by atoms with Gasteiger partial charge < -0.3 is 19.7 Å². The van der Waals surface area contributed by atoms with Crippen LogP contribution in [-0.4, -0.2) is 55.5 Å². The molecule has 23 heavy (non-hydrogen) atoms. The van der Waals surface area contributed by atoms with Gasteiger partial charge in [0.15, 0.2) is 5.16 Å². The van der Waals surface area contributed by atoms with Crippen LogP contribution in [0.25, 0.3) is 0 Å². The Morgan fingerprint density at radius 3 is 2.65 bits per heavy atom. The smallest absolute Gasteiger partial charge is 0.410 e. The van der Waals surface area contributed by atoms with Crippen LogP contribution in [0.3, 0.4) is 0 Å². The quantitative estimate of drug-likeness (QED) is 0.794. The molecule has 1 fully saturated rings. The van der Waals surface area contributed by atoms with Crippen LogP contribution < -0.4 is 5.56 Å². The van der Waals surface area contributed by atoms with Crippen molar-refractivity contribution in [3.05, 3.63) is 22.6 Å². The molecule has 1 aromatic rings. The summed E-state index contributed by atoms with van der Waals surface area (Å²) >= 11 is 1.16. The van der Waals surface area contributed by atoms with Crippen LogP contribution >= 0.6 is 11.8 Å². The molecule has 1 saturated heterocycles. The van der Waals surface area contributed by atoms with Gasteiger partial charge in [-0.25, -0.2) is 9.78 Å². The molecule has 1 aliphatic heterocycles. The van der Waals surface area contributed by atoms with Gasteiger partial charge in [0.05, 0.1) is 11.2 Å². The van der Waals surface area contributed by atoms with Crippen molar-refractivity contribution in [2.45, 2.75) is 42.7 Å². The van der Waals surface area contributed by atoms with Gasteiger partial charge in [-0.2, -0.15) is 0 Å². The highest BCUT2D eigenvalue weighted by molar-refractivity contribution is 8.00. The van der Waals surface area contributed by atoms with E-state index in [0.717, 1.165) is 11.8 Å². The van der Waals surface area contributed by atoms with Crippen LogP contribution in [0.1, 0.15) is 27.2 Å². The second-order valence-electron chi connectivity index (χ2n) is 6.43. The van der Waals surface area contributed by atoms with E-state index >= 15 is 0 Å². The summed E-state index contributed by atoms with van der Waals surface area (Å²) in [6, 6.07) is 1.28. The number of hydrogen-bond donors (Lipinski definition) is 2. The fourth-order valence-electron chi connectivity index (χ4n) is 2.20. The first-order valence-electron chi connectivity index (χ1n) is 7.03. The van der Waals surface area contributed by atoms with E-state index < -0.39 is 22.4 Å². The van der Waals surface area contributed by atoms with E-state index in [1.807, 2.05) is 0 Å². The first-order valence-corrected chi connectivity index (χ1v) is 7.84. The molecule has 2 heterocycles. The summed E-state index contributed by atoms with van der Waals surface area (Å²) in [5, 5.41) is 9.45. The third-order valence-electron chi connectivity index (χ3n) is 3.04. The number of H-pyrrole nitrogens is 1. The van der Waals surface area contributed by atoms with E-state index in [1.165, 1.54) is 17.2 Å². The zero-order chi connectivity index (χ0) is 17.3. The van der Waals surface area contributed by atoms with Crippen LogP contribution in [0.4, 0.5) is 4.79 Å². The summed E-state index contributed by atoms with van der Waals surface area (Å²) in [6.45, 7) is 5.74. The van der Waals surface area contributed by atoms with Crippen molar-refractivity contribution in [3.8, 4) is 0 Å². The summed E-state index contributed by atoms with van der Waals surface area (Å²) in [4.78, 5) is 42.5. The number of aromatic nitrogens is 2. The number of aliphatic carboxylic acids is 1. The minimum Gasteiger partial charge on any atom is -0.481 e. The Hall–Kier alpha value is -2.03. The molecular weight excluding hydrogens is 322 g/mol. The number of nitrogens with zero attached hydrogens (tertiary/aromatic N) is 2. The maximum Gasteiger partial charge on any atom is 0.410 e. The molecule has 2 N–H and O–H groups in total. The lowest BCUT2D eigenvalue weighted by Gasteiger charge is -2.48. The molecule has 8 nitrogen and oxygen atoms in total. The molecule has 0 aliphatic carbocycles. The summed E-state index contributed by atoms with van der Waals surface area (Å²) in [6.07, 6.45) is 0.740. The summed E-state index contributed by atoms with van der Waals surface area (Å²) in [5.41, 5.74) is -0.919. The Morgan fingerprint density at radius 2 is 2.13 bits per heavy atom. The van der Waals surface area contributed by atoms with Gasteiger partial charge in [0.25, 0.3) is 5.56 Å². The number of rotatable bonds is 4. The molecule has 2 rings (SSSR count). The van der Waals surface area contributed by atoms with Gasteiger partial charge in [0.1, 0.15) is 5.60 Å². The van der Waals surface area contributed by atoms with Crippen LogP contribution in [-0.2, 0) is 9.53 Å². The zero-order valence-corrected chi connectivity index (χ0v) is 14.0. The van der Waals surface area contributed by atoms with E-state index in [-0.39, 0.29) is 25.1 Å². The molecule has 0 saturated carbocycles. The lowest BCUT2D eigenvalue weighted by molar-refractivity contribution is -0.138. The van der Waals surface area contributed by atoms with Gasteiger partial charge in [-0.05, 0) is 20.8 Å². The Kier molecular flexibility index (Phi) is 4.69. The first kappa shape index (κ1) is 17.3. The van der Waals surface area contributed by atoms with E-state index in [4.69, 9.17) is 9.84 Å². The number of carbonyl (C=O) groups is 2. The maximum atomic E-state index is 12.0. The molecule has 0 unspecified atom stereocenters. The lowest BCUT2D eigenvalue weighted by Crippen LogP contribution is -2.63. The standard InChI is InChI=1S/C14H19N3O5S/c1-13(2,3)22-12(21)17-7-14(8-17,6-10(19)20)23-11-15-5-4-9(18)16-11/h4-5H,6-8H2,1-3H3,(H,19,20)(H,15,16,18). The van der Waals surface area contributed by atoms with Crippen molar-refractivity contribution in [3.63, 3.8) is 0 Å². The van der Waals surface area contributed by atoms with Gasteiger partial charge in [0, 0.05) is 25.4 Å². The Labute approximate surface area is 137 Å². The molecule has 0 atom stereocenters. The SMILES string of the molecule is CC(C)(C)OC(=O)N1CC(CC(=O)O)(Sc2nccc(=O)[nH]2)C1. The van der Waals surface area contributed by atoms with Gasteiger partial charge in [0.2, 0.25) is 0 Å². The second kappa shape index (κ2) is 6.23. The number of amides is 1. The highest BCUT2D eigenvalue weighted by Gasteiger charge is 2.49. The summed E-state index contributed by atoms with van der Waals surface area (Å²) in [7, 11) is 0. The number of thioether (sulfide) groups is 1. The molecule has 0 bridgehead atoms. The number of carbonyl (C=O) groups excluding carboxylic acids is 1. The first-order chi connectivity index (χ1) is 10.6. The average Bonchev–Trinajstić information content (AvgIpc) is 2.32. The molecule has 0 radical (unpaired) electrons. The van der Waals surface area contributed by atoms with Crippen molar-refractivity contribution in [1.29, 1.82) is 0 Å². The third kappa shape index (κ3) is 4.72. The van der Waals surface area contributed by atoms with Crippen LogP contribution in [0.2, 0.25) is 0 Å². The minimum atomic E-state index is -0.973. The summed E-state index contributed by atoms with van der Waals surface area (Å²) in [5.74, 6) is -0.973. The monoisotopic (exact) mass is 341 g/mol. The van der Waals surface area contributed by atoms with E-state index in [2.05, 4.69) is 9.97 Å². The number of ether oxygens (including phenoxy) is 1. The molecule has 0 aromatic carbocycles. The second-order valence-corrected chi connectivity index (χ2v) is 7.89. The molecule has 1 amide bonds. The number of nitrogens with one attached hydrogen (secondary N) is 1. The van der Waals surface area contributed by atoms with E-state index in [9.17, 15) is 14.4 Å². The van der Waals surface area contributed by atoms with Crippen molar-refractivity contribution in [1.82, 2.24) is 14.9 Å². The Bertz CT molecular complexity index is 661. The van der Waals surface area contributed by atoms with Crippen LogP contribution in [0, 0.1) is 0 Å². The normalized spacial score (nSPS) is 16.6. The van der Waals surface area contributed by atoms with Gasteiger partial charge in [-0.15, -0.1) is 0 Å². The number of aromatic amines is 1. The fourth-order valence-corrected chi connectivity index (χ4v) is 3.51. The largest absolute Gasteiger partial charge is 0.481 e. The van der Waals surface area contributed by atoms with Crippen molar-refractivity contribution < 1.29 is 19.4 Å². The van der Waals surface area contributed by atoms with Crippen LogP contribution in [0.5, 0.6) is 0 Å². The number of hydrogen-bond acceptors (Lipinski definition) is 6. The highest BCUT2D eigenvalue weighted by Crippen LogP contribution is 2.41. The van der Waals surface area contributed by atoms with E-state index in [1.54, 1.807) is 20.8 Å². The fraction of sp³-hybridized carbons (Fsp3) is 0.571. The predicted molar refractivity (Wildman–Crippen MR) is 83.5 cm³/mol. The molecule has 9 heteroatoms. The molecule has 0 spiro atoms. The van der Waals surface area contributed by atoms with Gasteiger partial charge >= 0.3 is 12.1 Å². The zero-order valence-electron chi connectivity index (χ0n) is 13.2. The minimum absolute atomic E-state index is 0.143. The van der Waals surface area contributed by atoms with Gasteiger partial charge in [-0.3, -0.25) is 9.59 Å². The molecular formula is C14H19N3O5S. The Balaban J connectivity index is 2.07. The molecule has 1 aliphatic rings.